The molecule has 0 atom stereocenters. The highest BCUT2D eigenvalue weighted by molar-refractivity contribution is 5.84. The maximum Gasteiger partial charge on any atom is 0.373 e. The zero-order chi connectivity index (χ0) is 16.8. The van der Waals surface area contributed by atoms with Gasteiger partial charge in [-0.25, -0.2) is 9.79 Å². The van der Waals surface area contributed by atoms with Gasteiger partial charge in [-0.2, -0.15) is 4.98 Å². The lowest BCUT2D eigenvalue weighted by molar-refractivity contribution is 0.0684. The Labute approximate surface area is 137 Å². The van der Waals surface area contributed by atoms with Crippen molar-refractivity contribution in [3.63, 3.8) is 0 Å². The van der Waals surface area contributed by atoms with E-state index in [-0.39, 0.29) is 11.8 Å². The van der Waals surface area contributed by atoms with Crippen molar-refractivity contribution in [2.24, 2.45) is 4.99 Å². The van der Waals surface area contributed by atoms with Crippen molar-refractivity contribution in [3.8, 4) is 11.8 Å². The number of nitrogens with one attached hydrogen (secondary N) is 1. The summed E-state index contributed by atoms with van der Waals surface area (Å²) >= 11 is 0. The van der Waals surface area contributed by atoms with Gasteiger partial charge in [-0.05, 0) is 29.8 Å². The lowest BCUT2D eigenvalue weighted by Gasteiger charge is -1.93. The molecule has 0 fully saturated rings. The van der Waals surface area contributed by atoms with Gasteiger partial charge in [-0.3, -0.25) is 5.10 Å². The lowest BCUT2D eigenvalue weighted by Crippen LogP contribution is -1.98. The Kier molecular flexibility index (Phi) is 4.45. The minimum absolute atomic E-state index is 0.0698. The van der Waals surface area contributed by atoms with E-state index in [1.807, 2.05) is 54.6 Å². The predicted molar refractivity (Wildman–Crippen MR) is 89.5 cm³/mol. The van der Waals surface area contributed by atoms with Crippen LogP contribution in [-0.4, -0.2) is 32.5 Å². The fourth-order valence-electron chi connectivity index (χ4n) is 1.86. The highest BCUT2D eigenvalue weighted by Crippen LogP contribution is 2.06. The second kappa shape index (κ2) is 7.03. The van der Waals surface area contributed by atoms with E-state index in [2.05, 4.69) is 32.0 Å². The minimum atomic E-state index is -1.18. The van der Waals surface area contributed by atoms with Crippen LogP contribution in [0.15, 0.2) is 59.6 Å². The molecule has 0 radical (unpaired) electrons. The Morgan fingerprint density at radius 3 is 2.33 bits per heavy atom. The maximum absolute atomic E-state index is 10.7. The molecule has 0 spiro atoms. The van der Waals surface area contributed by atoms with Crippen molar-refractivity contribution < 1.29 is 9.90 Å². The van der Waals surface area contributed by atoms with Gasteiger partial charge in [0.15, 0.2) is 0 Å². The van der Waals surface area contributed by atoms with E-state index in [4.69, 9.17) is 5.11 Å². The lowest BCUT2D eigenvalue weighted by atomic mass is 10.1. The highest BCUT2D eigenvalue weighted by Gasteiger charge is 2.07. The summed E-state index contributed by atoms with van der Waals surface area (Å²) in [5, 5.41) is 14.7. The first-order valence-electron chi connectivity index (χ1n) is 7.07. The molecule has 2 aromatic carbocycles. The summed E-state index contributed by atoms with van der Waals surface area (Å²) < 4.78 is 0. The molecule has 0 saturated heterocycles. The first-order chi connectivity index (χ1) is 11.7. The number of aromatic carboxylic acids is 1. The number of benzene rings is 2. The van der Waals surface area contributed by atoms with Gasteiger partial charge in [0, 0.05) is 17.3 Å². The van der Waals surface area contributed by atoms with Crippen molar-refractivity contribution in [1.29, 1.82) is 0 Å². The molecule has 2 N–H and O–H groups in total. The van der Waals surface area contributed by atoms with Gasteiger partial charge in [0.25, 0.3) is 5.95 Å². The maximum atomic E-state index is 10.7. The number of carbonyl (C=O) groups is 1. The van der Waals surface area contributed by atoms with Crippen molar-refractivity contribution in [3.05, 3.63) is 77.1 Å². The topological polar surface area (TPSA) is 91.2 Å². The molecule has 116 valence electrons. The second-order valence-electron chi connectivity index (χ2n) is 4.79. The van der Waals surface area contributed by atoms with Gasteiger partial charge < -0.3 is 5.11 Å². The molecule has 3 aromatic rings. The number of hydrogen-bond acceptors (Lipinski definition) is 4. The molecule has 0 aliphatic heterocycles. The summed E-state index contributed by atoms with van der Waals surface area (Å²) in [7, 11) is 0. The van der Waals surface area contributed by atoms with Gasteiger partial charge in [-0.15, -0.1) is 5.10 Å². The van der Waals surface area contributed by atoms with E-state index in [1.54, 1.807) is 6.21 Å². The van der Waals surface area contributed by atoms with Gasteiger partial charge in [0.1, 0.15) is 0 Å². The molecule has 1 aromatic heterocycles. The summed E-state index contributed by atoms with van der Waals surface area (Å²) in [6, 6.07) is 17.3. The quantitative estimate of drug-likeness (QED) is 0.574. The molecule has 1 heterocycles. The number of aromatic amines is 1. The molecule has 0 aliphatic carbocycles. The average Bonchev–Trinajstić information content (AvgIpc) is 3.09. The van der Waals surface area contributed by atoms with E-state index in [0.717, 1.165) is 16.7 Å². The zero-order valence-electron chi connectivity index (χ0n) is 12.5. The van der Waals surface area contributed by atoms with Crippen LogP contribution in [0.1, 0.15) is 27.3 Å². The van der Waals surface area contributed by atoms with E-state index < -0.39 is 5.97 Å². The van der Waals surface area contributed by atoms with Gasteiger partial charge >= 0.3 is 5.97 Å². The van der Waals surface area contributed by atoms with Crippen LogP contribution in [0.2, 0.25) is 0 Å². The van der Waals surface area contributed by atoms with E-state index in [9.17, 15) is 4.79 Å². The van der Waals surface area contributed by atoms with E-state index in [1.165, 1.54) is 0 Å². The number of nitrogens with zero attached hydrogens (tertiary/aromatic N) is 3. The number of H-pyrrole nitrogens is 1. The Morgan fingerprint density at radius 1 is 1.04 bits per heavy atom. The largest absolute Gasteiger partial charge is 0.475 e. The third-order valence-corrected chi connectivity index (χ3v) is 3.04. The summed E-state index contributed by atoms with van der Waals surface area (Å²) in [4.78, 5) is 18.4. The molecular formula is C18H12N4O2. The summed E-state index contributed by atoms with van der Waals surface area (Å²) in [6.07, 6.45) is 1.56. The minimum Gasteiger partial charge on any atom is -0.475 e. The molecule has 0 saturated carbocycles. The smallest absolute Gasteiger partial charge is 0.373 e. The van der Waals surface area contributed by atoms with Crippen LogP contribution in [0.5, 0.6) is 0 Å². The van der Waals surface area contributed by atoms with Crippen molar-refractivity contribution in [1.82, 2.24) is 15.2 Å². The molecule has 0 unspecified atom stereocenters. The van der Waals surface area contributed by atoms with Crippen LogP contribution >= 0.6 is 0 Å². The number of aliphatic imine (C=N–C) groups is 1. The average molecular weight is 316 g/mol. The van der Waals surface area contributed by atoms with Crippen molar-refractivity contribution in [2.75, 3.05) is 0 Å². The SMILES string of the molecule is O=C(O)c1nc(/N=C/c2ccc(C#Cc3ccccc3)cc2)n[nH]1. The molecule has 0 bridgehead atoms. The summed E-state index contributed by atoms with van der Waals surface area (Å²) in [5.41, 5.74) is 2.69. The fourth-order valence-corrected chi connectivity index (χ4v) is 1.86. The molecule has 0 amide bonds. The van der Waals surface area contributed by atoms with Gasteiger partial charge in [0.05, 0.1) is 0 Å². The Balaban J connectivity index is 1.69. The molecule has 6 heteroatoms. The number of rotatable bonds is 3. The number of carboxylic acid groups (broad SMARTS) is 1. The van der Waals surface area contributed by atoms with Gasteiger partial charge in [0.2, 0.25) is 5.82 Å². The number of hydrogen-bond donors (Lipinski definition) is 2. The molecule has 0 aliphatic rings. The van der Waals surface area contributed by atoms with Crippen molar-refractivity contribution in [2.45, 2.75) is 0 Å². The molecule has 3 rings (SSSR count). The first kappa shape index (κ1) is 15.2. The van der Waals surface area contributed by atoms with E-state index >= 15 is 0 Å². The van der Waals surface area contributed by atoms with Gasteiger partial charge in [-0.1, -0.05) is 42.2 Å². The van der Waals surface area contributed by atoms with Crippen LogP contribution in [-0.2, 0) is 0 Å². The normalized spacial score (nSPS) is 10.3. The monoisotopic (exact) mass is 316 g/mol. The van der Waals surface area contributed by atoms with Crippen LogP contribution in [0.4, 0.5) is 5.95 Å². The van der Waals surface area contributed by atoms with E-state index in [0.29, 0.717) is 0 Å². The Bertz CT molecular complexity index is 932. The fraction of sp³-hybridized carbons (Fsp3) is 0. The van der Waals surface area contributed by atoms with Crippen LogP contribution in [0, 0.1) is 11.8 Å². The van der Waals surface area contributed by atoms with Crippen LogP contribution in [0.25, 0.3) is 0 Å². The molecule has 24 heavy (non-hydrogen) atoms. The van der Waals surface area contributed by atoms with Crippen molar-refractivity contribution >= 4 is 18.1 Å². The predicted octanol–water partition coefficient (Wildman–Crippen LogP) is 2.65. The third kappa shape index (κ3) is 3.93. The molecular weight excluding hydrogens is 304 g/mol. The van der Waals surface area contributed by atoms with Crippen LogP contribution < -0.4 is 0 Å². The summed E-state index contributed by atoms with van der Waals surface area (Å²) in [5.74, 6) is 4.83. The number of carboxylic acids is 1. The highest BCUT2D eigenvalue weighted by atomic mass is 16.4. The Morgan fingerprint density at radius 2 is 1.71 bits per heavy atom. The second-order valence-corrected chi connectivity index (χ2v) is 4.79. The molecule has 6 nitrogen and oxygen atoms in total. The zero-order valence-corrected chi connectivity index (χ0v) is 12.5. The Hall–Kier alpha value is -3.72. The number of aromatic nitrogens is 3. The standard InChI is InChI=1S/C18H12N4O2/c23-17(24)16-20-18(22-21-16)19-12-15-10-8-14(9-11-15)7-6-13-4-2-1-3-5-13/h1-5,8-12H,(H,23,24)(H,20,21,22)/b19-12+. The summed E-state index contributed by atoms with van der Waals surface area (Å²) in [6.45, 7) is 0. The first-order valence-corrected chi connectivity index (χ1v) is 7.07. The van der Waals surface area contributed by atoms with Crippen LogP contribution in [0.3, 0.4) is 0 Å². The third-order valence-electron chi connectivity index (χ3n) is 3.04.